The fourth-order valence-electron chi connectivity index (χ4n) is 4.24. The van der Waals surface area contributed by atoms with E-state index in [4.69, 9.17) is 0 Å². The largest absolute Gasteiger partial charge is 0.480 e. The molecule has 1 aromatic heterocycles. The summed E-state index contributed by atoms with van der Waals surface area (Å²) in [4.78, 5) is 39.4. The highest BCUT2D eigenvalue weighted by molar-refractivity contribution is 5.97. The lowest BCUT2D eigenvalue weighted by Gasteiger charge is -2.39. The van der Waals surface area contributed by atoms with Gasteiger partial charge in [0.15, 0.2) is 5.78 Å². The molecule has 2 fully saturated rings. The van der Waals surface area contributed by atoms with Gasteiger partial charge in [-0.1, -0.05) is 6.92 Å². The summed E-state index contributed by atoms with van der Waals surface area (Å²) >= 11 is 0. The van der Waals surface area contributed by atoms with Gasteiger partial charge >= 0.3 is 5.97 Å². The Kier molecular flexibility index (Phi) is 5.13. The Labute approximate surface area is 152 Å². The molecule has 1 atom stereocenters. The first-order valence-electron chi connectivity index (χ1n) is 9.18. The van der Waals surface area contributed by atoms with Crippen LogP contribution in [0.3, 0.4) is 0 Å². The van der Waals surface area contributed by atoms with Crippen molar-refractivity contribution in [3.05, 3.63) is 17.5 Å². The zero-order valence-corrected chi connectivity index (χ0v) is 15.3. The molecule has 2 saturated heterocycles. The van der Waals surface area contributed by atoms with Crippen molar-refractivity contribution in [3.63, 3.8) is 0 Å². The van der Waals surface area contributed by atoms with E-state index in [9.17, 15) is 19.5 Å². The second kappa shape index (κ2) is 7.19. The van der Waals surface area contributed by atoms with Gasteiger partial charge < -0.3 is 10.0 Å². The molecule has 1 spiro atoms. The van der Waals surface area contributed by atoms with Gasteiger partial charge in [-0.25, -0.2) is 0 Å². The summed E-state index contributed by atoms with van der Waals surface area (Å²) in [5, 5.41) is 16.0. The molecule has 0 saturated carbocycles. The normalized spacial score (nSPS) is 22.7. The Morgan fingerprint density at radius 1 is 1.35 bits per heavy atom. The molecule has 3 rings (SSSR count). The Hall–Kier alpha value is -2.22. The number of aliphatic carboxylic acids is 1. The van der Waals surface area contributed by atoms with Crippen LogP contribution in [0.2, 0.25) is 0 Å². The number of hydrogen-bond donors (Lipinski definition) is 2. The second-order valence-corrected chi connectivity index (χ2v) is 7.54. The number of ketones is 1. The number of piperidine rings is 1. The third-order valence-corrected chi connectivity index (χ3v) is 5.68. The fourth-order valence-corrected chi connectivity index (χ4v) is 4.24. The maximum Gasteiger partial charge on any atom is 0.320 e. The number of H-pyrrole nitrogens is 1. The number of nitrogens with zero attached hydrogens (tertiary/aromatic N) is 3. The Morgan fingerprint density at radius 3 is 2.58 bits per heavy atom. The minimum absolute atomic E-state index is 0.0203. The van der Waals surface area contributed by atoms with Crippen molar-refractivity contribution in [1.82, 2.24) is 20.0 Å². The van der Waals surface area contributed by atoms with Crippen molar-refractivity contribution in [2.75, 3.05) is 26.2 Å². The average Bonchev–Trinajstić information content (AvgIpc) is 3.21. The standard InChI is InChI=1S/C18H26N4O4/c1-3-6-22-11-18(10-15(22)17(25)26)4-7-21(8-5-18)16(24)14-9-13(12(2)23)19-20-14/h9,15H,3-8,10-11H2,1-2H3,(H,19,20)(H,25,26). The van der Waals surface area contributed by atoms with E-state index >= 15 is 0 Å². The number of Topliss-reactive ketones (excluding diaryl/α,β-unsaturated/α-hetero) is 1. The molecule has 0 bridgehead atoms. The van der Waals surface area contributed by atoms with Gasteiger partial charge in [-0.3, -0.25) is 24.4 Å². The van der Waals surface area contributed by atoms with Crippen molar-refractivity contribution < 1.29 is 19.5 Å². The minimum atomic E-state index is -0.747. The van der Waals surface area contributed by atoms with E-state index in [0.29, 0.717) is 25.2 Å². The number of carboxylic acids is 1. The molecular weight excluding hydrogens is 336 g/mol. The summed E-state index contributed by atoms with van der Waals surface area (Å²) in [6, 6.07) is 1.08. The van der Waals surface area contributed by atoms with Crippen molar-refractivity contribution in [2.45, 2.75) is 45.6 Å². The topological polar surface area (TPSA) is 107 Å². The predicted molar refractivity (Wildman–Crippen MR) is 94.1 cm³/mol. The molecule has 2 aliphatic heterocycles. The molecule has 1 amide bonds. The van der Waals surface area contributed by atoms with Crippen LogP contribution in [0.4, 0.5) is 0 Å². The van der Waals surface area contributed by atoms with Crippen LogP contribution in [0.5, 0.6) is 0 Å². The maximum atomic E-state index is 12.6. The molecule has 0 aliphatic carbocycles. The molecule has 1 unspecified atom stereocenters. The van der Waals surface area contributed by atoms with Gasteiger partial charge in [0.25, 0.3) is 5.91 Å². The van der Waals surface area contributed by atoms with Gasteiger partial charge in [0.2, 0.25) is 0 Å². The van der Waals surface area contributed by atoms with Crippen LogP contribution < -0.4 is 0 Å². The first kappa shape index (κ1) is 18.6. The molecule has 3 heterocycles. The molecule has 2 aliphatic rings. The van der Waals surface area contributed by atoms with Crippen molar-refractivity contribution in [2.24, 2.45) is 5.41 Å². The molecule has 2 N–H and O–H groups in total. The molecule has 0 radical (unpaired) electrons. The molecule has 26 heavy (non-hydrogen) atoms. The zero-order valence-electron chi connectivity index (χ0n) is 15.3. The first-order chi connectivity index (χ1) is 12.3. The maximum absolute atomic E-state index is 12.6. The van der Waals surface area contributed by atoms with E-state index in [1.807, 2.05) is 0 Å². The number of aromatic nitrogens is 2. The highest BCUT2D eigenvalue weighted by Gasteiger charge is 2.48. The van der Waals surface area contributed by atoms with E-state index in [0.717, 1.165) is 32.4 Å². The van der Waals surface area contributed by atoms with Crippen molar-refractivity contribution in [3.8, 4) is 0 Å². The van der Waals surface area contributed by atoms with E-state index in [1.54, 1.807) is 4.90 Å². The summed E-state index contributed by atoms with van der Waals surface area (Å²) in [6.45, 7) is 6.25. The van der Waals surface area contributed by atoms with Gasteiger partial charge in [-0.2, -0.15) is 5.10 Å². The van der Waals surface area contributed by atoms with Gasteiger partial charge in [-0.05, 0) is 43.7 Å². The molecule has 0 aromatic carbocycles. The smallest absolute Gasteiger partial charge is 0.320 e. The summed E-state index contributed by atoms with van der Waals surface area (Å²) in [6.07, 6.45) is 3.19. The monoisotopic (exact) mass is 362 g/mol. The lowest BCUT2D eigenvalue weighted by Crippen LogP contribution is -2.44. The van der Waals surface area contributed by atoms with Crippen LogP contribution in [0.25, 0.3) is 0 Å². The van der Waals surface area contributed by atoms with E-state index in [1.165, 1.54) is 13.0 Å². The number of nitrogens with one attached hydrogen (secondary N) is 1. The number of aromatic amines is 1. The quantitative estimate of drug-likeness (QED) is 0.767. The van der Waals surface area contributed by atoms with Crippen LogP contribution >= 0.6 is 0 Å². The van der Waals surface area contributed by atoms with Crippen LogP contribution in [0.1, 0.15) is 60.5 Å². The summed E-state index contributed by atoms with van der Waals surface area (Å²) in [5.74, 6) is -1.08. The van der Waals surface area contributed by atoms with Gasteiger partial charge in [0, 0.05) is 26.6 Å². The molecular formula is C18H26N4O4. The number of likely N-dealkylation sites (tertiary alicyclic amines) is 2. The van der Waals surface area contributed by atoms with Crippen molar-refractivity contribution >= 4 is 17.7 Å². The van der Waals surface area contributed by atoms with E-state index in [2.05, 4.69) is 22.0 Å². The van der Waals surface area contributed by atoms with Crippen LogP contribution in [0.15, 0.2) is 6.07 Å². The Morgan fingerprint density at radius 2 is 2.04 bits per heavy atom. The highest BCUT2D eigenvalue weighted by Crippen LogP contribution is 2.43. The number of rotatable bonds is 5. The number of amides is 1. The average molecular weight is 362 g/mol. The van der Waals surface area contributed by atoms with Gasteiger partial charge in [-0.15, -0.1) is 0 Å². The van der Waals surface area contributed by atoms with Crippen LogP contribution in [-0.2, 0) is 4.79 Å². The number of hydrogen-bond acceptors (Lipinski definition) is 5. The summed E-state index contributed by atoms with van der Waals surface area (Å²) in [7, 11) is 0. The zero-order chi connectivity index (χ0) is 18.9. The van der Waals surface area contributed by atoms with Crippen LogP contribution in [0, 0.1) is 5.41 Å². The SMILES string of the molecule is CCCN1CC2(CCN(C(=O)c3cc(C(C)=O)n[nH]3)CC2)CC1C(=O)O. The molecule has 8 nitrogen and oxygen atoms in total. The fraction of sp³-hybridized carbons (Fsp3) is 0.667. The first-order valence-corrected chi connectivity index (χ1v) is 9.18. The second-order valence-electron chi connectivity index (χ2n) is 7.54. The Bertz CT molecular complexity index is 706. The van der Waals surface area contributed by atoms with Gasteiger partial charge in [0.05, 0.1) is 0 Å². The number of carbonyl (C=O) groups is 3. The summed E-state index contributed by atoms with van der Waals surface area (Å²) < 4.78 is 0. The number of carbonyl (C=O) groups excluding carboxylic acids is 2. The van der Waals surface area contributed by atoms with E-state index in [-0.39, 0.29) is 22.8 Å². The van der Waals surface area contributed by atoms with E-state index < -0.39 is 12.0 Å². The lowest BCUT2D eigenvalue weighted by molar-refractivity contribution is -0.142. The predicted octanol–water partition coefficient (Wildman–Crippen LogP) is 1.40. The van der Waals surface area contributed by atoms with Gasteiger partial charge in [0.1, 0.15) is 17.4 Å². The third kappa shape index (κ3) is 3.51. The highest BCUT2D eigenvalue weighted by atomic mass is 16.4. The minimum Gasteiger partial charge on any atom is -0.480 e. The third-order valence-electron chi connectivity index (χ3n) is 5.68. The molecule has 142 valence electrons. The summed E-state index contributed by atoms with van der Waals surface area (Å²) in [5.41, 5.74) is 0.568. The number of carboxylic acid groups (broad SMARTS) is 1. The lowest BCUT2D eigenvalue weighted by atomic mass is 9.76. The molecule has 1 aromatic rings. The van der Waals surface area contributed by atoms with Crippen molar-refractivity contribution in [1.29, 1.82) is 0 Å². The van der Waals surface area contributed by atoms with Crippen LogP contribution in [-0.4, -0.2) is 75.0 Å². The molecule has 8 heteroatoms. The Balaban J connectivity index is 1.64.